The van der Waals surface area contributed by atoms with E-state index in [-0.39, 0.29) is 0 Å². The van der Waals surface area contributed by atoms with Crippen LogP contribution in [0, 0.1) is 0 Å². The van der Waals surface area contributed by atoms with E-state index in [9.17, 15) is 0 Å². The first kappa shape index (κ1) is 13.5. The molecule has 0 saturated carbocycles. The number of rotatable bonds is 1. The van der Waals surface area contributed by atoms with E-state index >= 15 is 0 Å². The molecule has 108 valence electrons. The topological polar surface area (TPSA) is 21.3 Å². The Hall–Kier alpha value is -2.16. The molecule has 0 aromatic heterocycles. The highest BCUT2D eigenvalue weighted by atomic mass is 35.5. The number of ether oxygens (including phenoxy) is 1. The molecule has 1 aliphatic rings. The highest BCUT2D eigenvalue weighted by molar-refractivity contribution is 6.42. The van der Waals surface area contributed by atoms with Gasteiger partial charge in [0.25, 0.3) is 0 Å². The fraction of sp³-hybridized carbons (Fsp3) is 0. The summed E-state index contributed by atoms with van der Waals surface area (Å²) in [6, 6.07) is 19.5. The summed E-state index contributed by atoms with van der Waals surface area (Å²) in [6.07, 6.45) is 0. The minimum atomic E-state index is 0.543. The van der Waals surface area contributed by atoms with E-state index in [0.717, 1.165) is 34.0 Å². The van der Waals surface area contributed by atoms with E-state index in [2.05, 4.69) is 5.32 Å². The van der Waals surface area contributed by atoms with Crippen LogP contribution in [0.3, 0.4) is 0 Å². The minimum absolute atomic E-state index is 0.543. The van der Waals surface area contributed by atoms with Crippen molar-refractivity contribution in [1.82, 2.24) is 0 Å². The number of halogens is 2. The third-order valence-electron chi connectivity index (χ3n) is 3.61. The molecule has 0 atom stereocenters. The molecule has 1 heterocycles. The molecule has 0 amide bonds. The van der Waals surface area contributed by atoms with Gasteiger partial charge in [0.1, 0.15) is 0 Å². The lowest BCUT2D eigenvalue weighted by Crippen LogP contribution is -2.02. The quantitative estimate of drug-likeness (QED) is 0.430. The van der Waals surface area contributed by atoms with Crippen LogP contribution in [0.15, 0.2) is 60.7 Å². The highest BCUT2D eigenvalue weighted by Crippen LogP contribution is 2.43. The number of anilines is 2. The van der Waals surface area contributed by atoms with Gasteiger partial charge in [-0.2, -0.15) is 0 Å². The average molecular weight is 328 g/mol. The zero-order chi connectivity index (χ0) is 15.1. The molecule has 0 radical (unpaired) electrons. The monoisotopic (exact) mass is 327 g/mol. The summed E-state index contributed by atoms with van der Waals surface area (Å²) in [5, 5.41) is 4.46. The van der Waals surface area contributed by atoms with Crippen molar-refractivity contribution in [3.8, 4) is 22.6 Å². The van der Waals surface area contributed by atoms with Gasteiger partial charge < -0.3 is 10.1 Å². The molecular formula is C18H11Cl2NO. The van der Waals surface area contributed by atoms with Crippen molar-refractivity contribution < 1.29 is 4.74 Å². The normalized spacial score (nSPS) is 11.9. The van der Waals surface area contributed by atoms with Crippen molar-refractivity contribution in [2.24, 2.45) is 0 Å². The molecule has 22 heavy (non-hydrogen) atoms. The predicted octanol–water partition coefficient (Wildman–Crippen LogP) is 6.51. The van der Waals surface area contributed by atoms with Gasteiger partial charge in [-0.3, -0.25) is 0 Å². The Balaban J connectivity index is 1.75. The van der Waals surface area contributed by atoms with Gasteiger partial charge in [-0.25, -0.2) is 0 Å². The van der Waals surface area contributed by atoms with Gasteiger partial charge in [0.15, 0.2) is 11.5 Å². The van der Waals surface area contributed by atoms with Gasteiger partial charge in [0, 0.05) is 0 Å². The highest BCUT2D eigenvalue weighted by Gasteiger charge is 2.16. The second-order valence-electron chi connectivity index (χ2n) is 5.06. The van der Waals surface area contributed by atoms with E-state index in [1.165, 1.54) is 0 Å². The van der Waals surface area contributed by atoms with Gasteiger partial charge in [-0.15, -0.1) is 0 Å². The Morgan fingerprint density at radius 3 is 2.27 bits per heavy atom. The first-order chi connectivity index (χ1) is 10.7. The SMILES string of the molecule is Clc1ccc(-c2ccc3c(c2)Oc2ccccc2N3)cc1Cl. The van der Waals surface area contributed by atoms with Gasteiger partial charge in [0.05, 0.1) is 21.4 Å². The van der Waals surface area contributed by atoms with Crippen molar-refractivity contribution in [3.63, 3.8) is 0 Å². The van der Waals surface area contributed by atoms with E-state index in [1.54, 1.807) is 6.07 Å². The molecule has 2 nitrogen and oxygen atoms in total. The smallest absolute Gasteiger partial charge is 0.151 e. The summed E-state index contributed by atoms with van der Waals surface area (Å²) in [7, 11) is 0. The Bertz CT molecular complexity index is 877. The molecule has 0 aliphatic carbocycles. The molecule has 3 aromatic carbocycles. The predicted molar refractivity (Wildman–Crippen MR) is 91.7 cm³/mol. The van der Waals surface area contributed by atoms with Crippen molar-refractivity contribution in [2.75, 3.05) is 5.32 Å². The lowest BCUT2D eigenvalue weighted by atomic mass is 10.0. The minimum Gasteiger partial charge on any atom is -0.453 e. The van der Waals surface area contributed by atoms with Crippen molar-refractivity contribution in [1.29, 1.82) is 0 Å². The summed E-state index contributed by atoms with van der Waals surface area (Å²) in [5.41, 5.74) is 3.94. The van der Waals surface area contributed by atoms with E-state index in [0.29, 0.717) is 10.0 Å². The zero-order valence-corrected chi connectivity index (χ0v) is 12.9. The van der Waals surface area contributed by atoms with Crippen LogP contribution in [-0.2, 0) is 0 Å². The maximum atomic E-state index is 6.10. The van der Waals surface area contributed by atoms with Crippen LogP contribution in [0.25, 0.3) is 11.1 Å². The van der Waals surface area contributed by atoms with Gasteiger partial charge in [0.2, 0.25) is 0 Å². The van der Waals surface area contributed by atoms with Gasteiger partial charge in [-0.1, -0.05) is 47.5 Å². The molecule has 1 aliphatic heterocycles. The Kier molecular flexibility index (Phi) is 3.21. The molecule has 0 saturated heterocycles. The van der Waals surface area contributed by atoms with E-state index < -0.39 is 0 Å². The van der Waals surface area contributed by atoms with E-state index in [4.69, 9.17) is 27.9 Å². The second-order valence-corrected chi connectivity index (χ2v) is 5.88. The molecule has 0 unspecified atom stereocenters. The maximum absolute atomic E-state index is 6.10. The molecule has 4 heteroatoms. The standard InChI is InChI=1S/C18H11Cl2NO/c19-13-7-5-11(9-14(13)20)12-6-8-16-18(10-12)22-17-4-2-1-3-15(17)21-16/h1-10,21H. The number of benzene rings is 3. The number of hydrogen-bond acceptors (Lipinski definition) is 2. The third kappa shape index (κ3) is 2.31. The average Bonchev–Trinajstić information content (AvgIpc) is 2.55. The number of fused-ring (bicyclic) bond motifs is 2. The summed E-state index contributed by atoms with van der Waals surface area (Å²) >= 11 is 12.1. The van der Waals surface area contributed by atoms with Crippen molar-refractivity contribution >= 4 is 34.6 Å². The molecule has 4 rings (SSSR count). The Morgan fingerprint density at radius 1 is 0.682 bits per heavy atom. The number of hydrogen-bond donors (Lipinski definition) is 1. The molecular weight excluding hydrogens is 317 g/mol. The number of nitrogens with one attached hydrogen (secondary N) is 1. The first-order valence-electron chi connectivity index (χ1n) is 6.84. The lowest BCUT2D eigenvalue weighted by molar-refractivity contribution is 0.481. The van der Waals surface area contributed by atoms with Crippen LogP contribution in [0.5, 0.6) is 11.5 Å². The molecule has 0 spiro atoms. The summed E-state index contributed by atoms with van der Waals surface area (Å²) in [4.78, 5) is 0. The zero-order valence-electron chi connectivity index (χ0n) is 11.4. The lowest BCUT2D eigenvalue weighted by Gasteiger charge is -2.22. The van der Waals surface area contributed by atoms with Gasteiger partial charge >= 0.3 is 0 Å². The molecule has 1 N–H and O–H groups in total. The third-order valence-corrected chi connectivity index (χ3v) is 4.35. The van der Waals surface area contributed by atoms with Crippen LogP contribution in [-0.4, -0.2) is 0 Å². The fourth-order valence-electron chi connectivity index (χ4n) is 2.49. The Morgan fingerprint density at radius 2 is 1.41 bits per heavy atom. The summed E-state index contributed by atoms with van der Waals surface area (Å²) < 4.78 is 5.97. The molecule has 0 bridgehead atoms. The summed E-state index contributed by atoms with van der Waals surface area (Å²) in [5.74, 6) is 1.61. The van der Waals surface area contributed by atoms with Crippen LogP contribution >= 0.6 is 23.2 Å². The van der Waals surface area contributed by atoms with Crippen molar-refractivity contribution in [3.05, 3.63) is 70.7 Å². The first-order valence-corrected chi connectivity index (χ1v) is 7.60. The molecule has 0 fully saturated rings. The van der Waals surface area contributed by atoms with Crippen LogP contribution < -0.4 is 10.1 Å². The largest absolute Gasteiger partial charge is 0.453 e. The second kappa shape index (κ2) is 5.24. The van der Waals surface area contributed by atoms with Crippen molar-refractivity contribution in [2.45, 2.75) is 0 Å². The van der Waals surface area contributed by atoms with Crippen LogP contribution in [0.1, 0.15) is 0 Å². The van der Waals surface area contributed by atoms with Crippen LogP contribution in [0.4, 0.5) is 11.4 Å². The Labute approximate surface area is 138 Å². The summed E-state index contributed by atoms with van der Waals surface area (Å²) in [6.45, 7) is 0. The van der Waals surface area contributed by atoms with E-state index in [1.807, 2.05) is 54.6 Å². The van der Waals surface area contributed by atoms with Gasteiger partial charge in [-0.05, 0) is 47.5 Å². The maximum Gasteiger partial charge on any atom is 0.151 e. The molecule has 3 aromatic rings. The van der Waals surface area contributed by atoms with Crippen LogP contribution in [0.2, 0.25) is 10.0 Å². The number of para-hydroxylation sites is 2. The fourth-order valence-corrected chi connectivity index (χ4v) is 2.79.